The fourth-order valence-electron chi connectivity index (χ4n) is 2.53. The Kier molecular flexibility index (Phi) is 5.38. The number of anilines is 1. The number of nitrogen functional groups attached to an aromatic ring is 1. The molecule has 5 nitrogen and oxygen atoms in total. The number of rotatable bonds is 5. The lowest BCUT2D eigenvalue weighted by atomic mass is 9.96. The Balaban J connectivity index is 1.74. The predicted molar refractivity (Wildman–Crippen MR) is 79.0 cm³/mol. The van der Waals surface area contributed by atoms with Crippen molar-refractivity contribution in [1.29, 1.82) is 0 Å². The molecule has 1 heterocycles. The first-order valence-electron chi connectivity index (χ1n) is 7.14. The van der Waals surface area contributed by atoms with E-state index < -0.39 is 0 Å². The molecule has 1 amide bonds. The molecule has 0 bridgehead atoms. The molecule has 0 radical (unpaired) electrons. The molecule has 5 heteroatoms. The van der Waals surface area contributed by atoms with Gasteiger partial charge in [-0.15, -0.1) is 0 Å². The highest BCUT2D eigenvalue weighted by Gasteiger charge is 2.24. The number of amides is 1. The molecule has 110 valence electrons. The summed E-state index contributed by atoms with van der Waals surface area (Å²) in [5.74, 6) is 0.226. The van der Waals surface area contributed by atoms with Crippen LogP contribution in [0.25, 0.3) is 0 Å². The van der Waals surface area contributed by atoms with Gasteiger partial charge in [-0.1, -0.05) is 12.1 Å². The van der Waals surface area contributed by atoms with Gasteiger partial charge in [0.1, 0.15) is 0 Å². The second-order valence-corrected chi connectivity index (χ2v) is 5.30. The second-order valence-electron chi connectivity index (χ2n) is 5.30. The van der Waals surface area contributed by atoms with Gasteiger partial charge in [-0.3, -0.25) is 4.79 Å². The van der Waals surface area contributed by atoms with Gasteiger partial charge in [0.25, 0.3) is 0 Å². The predicted octanol–water partition coefficient (Wildman–Crippen LogP) is 0.589. The Bertz CT molecular complexity index is 425. The van der Waals surface area contributed by atoms with Crippen LogP contribution in [0, 0.1) is 5.92 Å². The van der Waals surface area contributed by atoms with E-state index in [0.29, 0.717) is 13.1 Å². The van der Waals surface area contributed by atoms with Crippen LogP contribution >= 0.6 is 0 Å². The van der Waals surface area contributed by atoms with E-state index in [9.17, 15) is 4.79 Å². The summed E-state index contributed by atoms with van der Waals surface area (Å²) in [6.07, 6.45) is 1.74. The zero-order valence-electron chi connectivity index (χ0n) is 11.7. The van der Waals surface area contributed by atoms with Gasteiger partial charge in [0.05, 0.1) is 6.61 Å². The zero-order valence-corrected chi connectivity index (χ0v) is 11.7. The van der Waals surface area contributed by atoms with Crippen molar-refractivity contribution in [1.82, 2.24) is 10.2 Å². The zero-order chi connectivity index (χ0) is 14.4. The van der Waals surface area contributed by atoms with E-state index in [1.807, 2.05) is 24.3 Å². The molecule has 4 N–H and O–H groups in total. The third-order valence-electron chi connectivity index (χ3n) is 3.82. The summed E-state index contributed by atoms with van der Waals surface area (Å²) >= 11 is 0. The van der Waals surface area contributed by atoms with Crippen molar-refractivity contribution in [2.75, 3.05) is 32.0 Å². The third kappa shape index (κ3) is 4.21. The average molecular weight is 277 g/mol. The van der Waals surface area contributed by atoms with E-state index in [-0.39, 0.29) is 18.4 Å². The van der Waals surface area contributed by atoms with Gasteiger partial charge in [-0.25, -0.2) is 0 Å². The van der Waals surface area contributed by atoms with Crippen LogP contribution in [0.2, 0.25) is 0 Å². The number of nitrogens with two attached hydrogens (primary N) is 1. The largest absolute Gasteiger partial charge is 0.399 e. The third-order valence-corrected chi connectivity index (χ3v) is 3.82. The number of hydrogen-bond acceptors (Lipinski definition) is 4. The molecule has 0 saturated carbocycles. The molecule has 1 saturated heterocycles. The highest BCUT2D eigenvalue weighted by Crippen LogP contribution is 2.17. The second kappa shape index (κ2) is 7.26. The van der Waals surface area contributed by atoms with Gasteiger partial charge in [0.2, 0.25) is 5.91 Å². The topological polar surface area (TPSA) is 78.6 Å². The molecule has 0 aliphatic carbocycles. The number of carbonyl (C=O) groups excluding carboxylic acids is 1. The van der Waals surface area contributed by atoms with E-state index >= 15 is 0 Å². The number of piperidine rings is 1. The summed E-state index contributed by atoms with van der Waals surface area (Å²) in [6, 6.07) is 7.54. The molecule has 2 rings (SSSR count). The summed E-state index contributed by atoms with van der Waals surface area (Å²) in [5, 5.41) is 11.9. The molecule has 0 unspecified atom stereocenters. The number of aliphatic hydroxyl groups excluding tert-OH is 1. The number of hydrogen-bond donors (Lipinski definition) is 3. The van der Waals surface area contributed by atoms with Gasteiger partial charge in [-0.2, -0.15) is 0 Å². The van der Waals surface area contributed by atoms with Gasteiger partial charge < -0.3 is 21.1 Å². The van der Waals surface area contributed by atoms with Gasteiger partial charge in [0.15, 0.2) is 0 Å². The number of β-amino-alcohol motifs (C(OH)–C–C–N with tert-alkyl or cyclic N) is 1. The molecule has 1 aliphatic heterocycles. The van der Waals surface area contributed by atoms with Crippen LogP contribution in [0.15, 0.2) is 24.3 Å². The van der Waals surface area contributed by atoms with Gasteiger partial charge in [-0.05, 0) is 43.6 Å². The Morgan fingerprint density at radius 3 is 2.55 bits per heavy atom. The highest BCUT2D eigenvalue weighted by atomic mass is 16.3. The van der Waals surface area contributed by atoms with Crippen LogP contribution in [0.1, 0.15) is 18.4 Å². The lowest BCUT2D eigenvalue weighted by molar-refractivity contribution is -0.126. The Labute approximate surface area is 119 Å². The fourth-order valence-corrected chi connectivity index (χ4v) is 2.53. The SMILES string of the molecule is Nc1ccc(CNC(=O)C2CCN(CCO)CC2)cc1. The number of carbonyl (C=O) groups is 1. The molecule has 1 aromatic carbocycles. The number of nitrogens with one attached hydrogen (secondary N) is 1. The standard InChI is InChI=1S/C15H23N3O2/c16-14-3-1-12(2-4-14)11-17-15(20)13-5-7-18(8-6-13)9-10-19/h1-4,13,19H,5-11,16H2,(H,17,20). The van der Waals surface area contributed by atoms with E-state index in [1.165, 1.54) is 0 Å². The van der Waals surface area contributed by atoms with Crippen LogP contribution < -0.4 is 11.1 Å². The minimum Gasteiger partial charge on any atom is -0.399 e. The summed E-state index contributed by atoms with van der Waals surface area (Å²) in [6.45, 7) is 3.23. The first-order chi connectivity index (χ1) is 9.69. The van der Waals surface area contributed by atoms with Crippen molar-refractivity contribution < 1.29 is 9.90 Å². The van der Waals surface area contributed by atoms with Crippen molar-refractivity contribution in [3.63, 3.8) is 0 Å². The Hall–Kier alpha value is -1.59. The molecular weight excluding hydrogens is 254 g/mol. The lowest BCUT2D eigenvalue weighted by Crippen LogP contribution is -2.41. The number of aliphatic hydroxyl groups is 1. The average Bonchev–Trinajstić information content (AvgIpc) is 2.47. The van der Waals surface area contributed by atoms with Gasteiger partial charge in [0, 0.05) is 24.7 Å². The maximum atomic E-state index is 12.1. The van der Waals surface area contributed by atoms with E-state index in [0.717, 1.165) is 37.2 Å². The first kappa shape index (κ1) is 14.8. The van der Waals surface area contributed by atoms with Crippen LogP contribution in [0.4, 0.5) is 5.69 Å². The van der Waals surface area contributed by atoms with E-state index in [1.54, 1.807) is 0 Å². The minimum absolute atomic E-state index is 0.0960. The smallest absolute Gasteiger partial charge is 0.223 e. The summed E-state index contributed by atoms with van der Waals surface area (Å²) in [7, 11) is 0. The number of benzene rings is 1. The van der Waals surface area contributed by atoms with Crippen molar-refractivity contribution >= 4 is 11.6 Å². The Morgan fingerprint density at radius 1 is 1.30 bits per heavy atom. The van der Waals surface area contributed by atoms with Gasteiger partial charge >= 0.3 is 0 Å². The summed E-state index contributed by atoms with van der Waals surface area (Å²) in [5.41, 5.74) is 7.42. The van der Waals surface area contributed by atoms with Crippen molar-refractivity contribution in [2.24, 2.45) is 5.92 Å². The molecule has 0 aromatic heterocycles. The van der Waals surface area contributed by atoms with E-state index in [2.05, 4.69) is 10.2 Å². The monoisotopic (exact) mass is 277 g/mol. The molecule has 1 fully saturated rings. The molecular formula is C15H23N3O2. The fraction of sp³-hybridized carbons (Fsp3) is 0.533. The van der Waals surface area contributed by atoms with Crippen LogP contribution in [-0.2, 0) is 11.3 Å². The van der Waals surface area contributed by atoms with Crippen molar-refractivity contribution in [3.05, 3.63) is 29.8 Å². The van der Waals surface area contributed by atoms with Crippen molar-refractivity contribution in [2.45, 2.75) is 19.4 Å². The molecule has 1 aliphatic rings. The molecule has 1 aromatic rings. The van der Waals surface area contributed by atoms with Crippen LogP contribution in [0.5, 0.6) is 0 Å². The minimum atomic E-state index is 0.0960. The van der Waals surface area contributed by atoms with E-state index in [4.69, 9.17) is 10.8 Å². The maximum absolute atomic E-state index is 12.1. The lowest BCUT2D eigenvalue weighted by Gasteiger charge is -2.30. The van der Waals surface area contributed by atoms with Crippen molar-refractivity contribution in [3.8, 4) is 0 Å². The maximum Gasteiger partial charge on any atom is 0.223 e. The molecule has 0 atom stereocenters. The normalized spacial score (nSPS) is 17.1. The number of likely N-dealkylation sites (tertiary alicyclic amines) is 1. The molecule has 20 heavy (non-hydrogen) atoms. The van der Waals surface area contributed by atoms with Crippen LogP contribution in [0.3, 0.4) is 0 Å². The molecule has 0 spiro atoms. The Morgan fingerprint density at radius 2 is 1.95 bits per heavy atom. The first-order valence-corrected chi connectivity index (χ1v) is 7.14. The summed E-state index contributed by atoms with van der Waals surface area (Å²) in [4.78, 5) is 14.3. The summed E-state index contributed by atoms with van der Waals surface area (Å²) < 4.78 is 0. The highest BCUT2D eigenvalue weighted by molar-refractivity contribution is 5.78. The quantitative estimate of drug-likeness (QED) is 0.688. The van der Waals surface area contributed by atoms with Crippen LogP contribution in [-0.4, -0.2) is 42.2 Å². The number of nitrogens with zero attached hydrogens (tertiary/aromatic N) is 1.